The minimum atomic E-state index is -4.40. The third-order valence-electron chi connectivity index (χ3n) is 6.70. The molecule has 1 amide bonds. The van der Waals surface area contributed by atoms with E-state index in [-0.39, 0.29) is 52.8 Å². The van der Waals surface area contributed by atoms with Gasteiger partial charge in [0, 0.05) is 41.7 Å². The predicted octanol–water partition coefficient (Wildman–Crippen LogP) is 7.34. The van der Waals surface area contributed by atoms with E-state index in [0.29, 0.717) is 53.8 Å². The number of carbonyl (C=O) groups excluding carboxylic acids is 2. The van der Waals surface area contributed by atoms with E-state index in [1.54, 1.807) is 22.9 Å². The van der Waals surface area contributed by atoms with E-state index in [1.165, 1.54) is 24.5 Å². The Morgan fingerprint density at radius 1 is 1.22 bits per heavy atom. The van der Waals surface area contributed by atoms with Crippen LogP contribution in [0, 0.1) is 0 Å². The fraction of sp³-hybridized carbons (Fsp3) is 0.571. The quantitative estimate of drug-likeness (QED) is 0.125. The molecule has 7 nitrogen and oxygen atoms in total. The molecule has 226 valence electrons. The third kappa shape index (κ3) is 9.61. The number of rotatable bonds is 9. The number of benzene rings is 1. The number of likely N-dealkylation sites (N-methyl/N-ethyl adjacent to an activating group) is 1. The van der Waals surface area contributed by atoms with Gasteiger partial charge < -0.3 is 9.64 Å². The molecule has 0 radical (unpaired) electrons. The van der Waals surface area contributed by atoms with Gasteiger partial charge in [-0.05, 0) is 67.6 Å². The lowest BCUT2D eigenvalue weighted by Crippen LogP contribution is -2.43. The van der Waals surface area contributed by atoms with Crippen molar-refractivity contribution in [2.24, 2.45) is 5.10 Å². The molecule has 1 aliphatic rings. The number of hydrazone groups is 1. The smallest absolute Gasteiger partial charge is 0.446 e. The van der Waals surface area contributed by atoms with Crippen LogP contribution in [0.2, 0.25) is 4.34 Å². The number of aromatic nitrogens is 1. The van der Waals surface area contributed by atoms with Gasteiger partial charge in [0.1, 0.15) is 16.6 Å². The second-order valence-electron chi connectivity index (χ2n) is 10.9. The Labute approximate surface area is 252 Å². The summed E-state index contributed by atoms with van der Waals surface area (Å²) in [6.45, 7) is 11.2. The van der Waals surface area contributed by atoms with E-state index in [0.717, 1.165) is 10.6 Å². The van der Waals surface area contributed by atoms with Crippen LogP contribution < -0.4 is 0 Å². The fourth-order valence-corrected chi connectivity index (χ4v) is 6.45. The SMILES string of the molecule is CCN(CC(=O)N1CCC(c2nc(-c3cc(SC(F)(F)F)cc(C(C)(C)C)c3)c(Cl)s2)CC1)/N=C(\C)CC(=O)OC. The van der Waals surface area contributed by atoms with Gasteiger partial charge in [-0.25, -0.2) is 4.98 Å². The Kier molecular flexibility index (Phi) is 11.2. The van der Waals surface area contributed by atoms with Crippen molar-refractivity contribution in [2.45, 2.75) is 75.6 Å². The maximum atomic E-state index is 13.2. The highest BCUT2D eigenvalue weighted by Crippen LogP contribution is 2.43. The standard InChI is InChI=1S/C28H36ClF3N4O3S2/c1-7-36(34-17(2)12-23(38)39-6)16-22(37)35-10-8-18(9-11-35)26-33-24(25(29)40-26)19-13-20(27(3,4)5)15-21(14-19)41-28(30,31)32/h13-15,18H,7-12,16H2,1-6H3/b34-17+. The molecular formula is C28H36ClF3N4O3S2. The zero-order valence-electron chi connectivity index (χ0n) is 24.1. The molecule has 0 bridgehead atoms. The van der Waals surface area contributed by atoms with Gasteiger partial charge in [-0.3, -0.25) is 14.6 Å². The lowest BCUT2D eigenvalue weighted by Gasteiger charge is -2.32. The summed E-state index contributed by atoms with van der Waals surface area (Å²) in [5.41, 5.74) is -2.38. The molecule has 1 aliphatic heterocycles. The lowest BCUT2D eigenvalue weighted by atomic mass is 9.86. The van der Waals surface area contributed by atoms with Crippen molar-refractivity contribution in [1.82, 2.24) is 14.9 Å². The average Bonchev–Trinajstić information content (AvgIpc) is 3.28. The second kappa shape index (κ2) is 13.8. The van der Waals surface area contributed by atoms with Crippen molar-refractivity contribution in [3.63, 3.8) is 0 Å². The molecule has 1 aromatic carbocycles. The average molecular weight is 633 g/mol. The van der Waals surface area contributed by atoms with Crippen LogP contribution in [0.5, 0.6) is 0 Å². The molecule has 0 spiro atoms. The van der Waals surface area contributed by atoms with Crippen molar-refractivity contribution in [3.05, 3.63) is 33.1 Å². The van der Waals surface area contributed by atoms with Crippen molar-refractivity contribution in [2.75, 3.05) is 33.3 Å². The highest BCUT2D eigenvalue weighted by molar-refractivity contribution is 8.00. The third-order valence-corrected chi connectivity index (χ3v) is 8.82. The molecule has 1 saturated heterocycles. The minimum Gasteiger partial charge on any atom is -0.469 e. The van der Waals surface area contributed by atoms with Crippen LogP contribution in [0.1, 0.15) is 70.4 Å². The van der Waals surface area contributed by atoms with Gasteiger partial charge in [0.05, 0.1) is 18.5 Å². The number of methoxy groups -OCH3 is 1. The van der Waals surface area contributed by atoms with E-state index in [9.17, 15) is 22.8 Å². The van der Waals surface area contributed by atoms with Crippen LogP contribution in [0.4, 0.5) is 13.2 Å². The van der Waals surface area contributed by atoms with Crippen LogP contribution in [-0.2, 0) is 19.7 Å². The van der Waals surface area contributed by atoms with E-state index >= 15 is 0 Å². The van der Waals surface area contributed by atoms with E-state index in [2.05, 4.69) is 9.84 Å². The van der Waals surface area contributed by atoms with E-state index in [4.69, 9.17) is 16.6 Å². The van der Waals surface area contributed by atoms with Crippen molar-refractivity contribution in [1.29, 1.82) is 0 Å². The van der Waals surface area contributed by atoms with Gasteiger partial charge in [0.2, 0.25) is 5.91 Å². The number of thioether (sulfide) groups is 1. The first-order valence-electron chi connectivity index (χ1n) is 13.3. The first-order valence-corrected chi connectivity index (χ1v) is 15.3. The van der Waals surface area contributed by atoms with Crippen molar-refractivity contribution >= 4 is 52.3 Å². The number of nitrogens with zero attached hydrogens (tertiary/aromatic N) is 4. The number of hydrogen-bond donors (Lipinski definition) is 0. The Bertz CT molecular complexity index is 1270. The molecular weight excluding hydrogens is 597 g/mol. The number of alkyl halides is 3. The molecule has 3 rings (SSSR count). The maximum absolute atomic E-state index is 13.2. The summed E-state index contributed by atoms with van der Waals surface area (Å²) in [5, 5.41) is 6.84. The Morgan fingerprint density at radius 3 is 2.44 bits per heavy atom. The number of carbonyl (C=O) groups is 2. The zero-order valence-corrected chi connectivity index (χ0v) is 26.5. The van der Waals surface area contributed by atoms with Crippen LogP contribution in [0.15, 0.2) is 28.2 Å². The van der Waals surface area contributed by atoms with Crippen LogP contribution in [-0.4, -0.2) is 71.3 Å². The number of likely N-dealkylation sites (tertiary alicyclic amines) is 1. The molecule has 1 aromatic heterocycles. The molecule has 0 aliphatic carbocycles. The van der Waals surface area contributed by atoms with Gasteiger partial charge >= 0.3 is 11.5 Å². The summed E-state index contributed by atoms with van der Waals surface area (Å²) < 4.78 is 44.7. The highest BCUT2D eigenvalue weighted by atomic mass is 35.5. The van der Waals surface area contributed by atoms with Crippen LogP contribution >= 0.6 is 34.7 Å². The van der Waals surface area contributed by atoms with Crippen molar-refractivity contribution < 1.29 is 27.5 Å². The number of hydrogen-bond acceptors (Lipinski definition) is 8. The fourth-order valence-electron chi connectivity index (χ4n) is 4.44. The van der Waals surface area contributed by atoms with Crippen LogP contribution in [0.3, 0.4) is 0 Å². The molecule has 41 heavy (non-hydrogen) atoms. The summed E-state index contributed by atoms with van der Waals surface area (Å²) in [7, 11) is 1.32. The predicted molar refractivity (Wildman–Crippen MR) is 159 cm³/mol. The molecule has 0 saturated carbocycles. The summed E-state index contributed by atoms with van der Waals surface area (Å²) in [6, 6.07) is 4.93. The van der Waals surface area contributed by atoms with Gasteiger partial charge in [-0.2, -0.15) is 18.3 Å². The number of amides is 1. The molecule has 0 atom stereocenters. The topological polar surface area (TPSA) is 75.1 Å². The van der Waals surface area contributed by atoms with Crippen LogP contribution in [0.25, 0.3) is 11.3 Å². The molecule has 2 aromatic rings. The van der Waals surface area contributed by atoms with Gasteiger partial charge in [-0.15, -0.1) is 11.3 Å². The molecule has 1 fully saturated rings. The number of ether oxygens (including phenoxy) is 1. The molecule has 0 unspecified atom stereocenters. The Morgan fingerprint density at radius 2 is 1.88 bits per heavy atom. The second-order valence-corrected chi connectivity index (χ2v) is 13.7. The van der Waals surface area contributed by atoms with Gasteiger partial charge in [-0.1, -0.05) is 32.4 Å². The monoisotopic (exact) mass is 632 g/mol. The summed E-state index contributed by atoms with van der Waals surface area (Å²) in [5.74, 6) is -0.345. The first-order chi connectivity index (χ1) is 19.1. The summed E-state index contributed by atoms with van der Waals surface area (Å²) in [4.78, 5) is 31.1. The van der Waals surface area contributed by atoms with E-state index < -0.39 is 5.51 Å². The molecule has 13 heteroatoms. The van der Waals surface area contributed by atoms with Gasteiger partial charge in [0.25, 0.3) is 0 Å². The largest absolute Gasteiger partial charge is 0.469 e. The number of halogens is 4. The normalized spacial score (nSPS) is 15.3. The Balaban J connectivity index is 1.70. The van der Waals surface area contributed by atoms with Crippen molar-refractivity contribution in [3.8, 4) is 11.3 Å². The van der Waals surface area contributed by atoms with E-state index in [1.807, 2.05) is 33.8 Å². The molecule has 0 N–H and O–H groups in total. The lowest BCUT2D eigenvalue weighted by molar-refractivity contribution is -0.139. The number of esters is 1. The Hall–Kier alpha value is -2.31. The summed E-state index contributed by atoms with van der Waals surface area (Å²) >= 11 is 7.80. The van der Waals surface area contributed by atoms with Gasteiger partial charge in [0.15, 0.2) is 0 Å². The highest BCUT2D eigenvalue weighted by Gasteiger charge is 2.31. The molecule has 2 heterocycles. The number of thiazole rings is 1. The maximum Gasteiger partial charge on any atom is 0.446 e. The first kappa shape index (κ1) is 33.2. The minimum absolute atomic E-state index is 0.0496. The number of piperidine rings is 1. The zero-order chi connectivity index (χ0) is 30.5. The summed E-state index contributed by atoms with van der Waals surface area (Å²) in [6.07, 6.45) is 1.46.